The number of halogens is 2. The lowest BCUT2D eigenvalue weighted by Gasteiger charge is -2.75. The van der Waals surface area contributed by atoms with Gasteiger partial charge in [0.1, 0.15) is 0 Å². The van der Waals surface area contributed by atoms with Crippen molar-refractivity contribution in [3.05, 3.63) is 33.8 Å². The molecule has 0 radical (unpaired) electrons. The first kappa shape index (κ1) is 16.8. The van der Waals surface area contributed by atoms with Gasteiger partial charge in [0, 0.05) is 12.0 Å². The summed E-state index contributed by atoms with van der Waals surface area (Å²) in [7, 11) is 1.43. The fourth-order valence-electron chi connectivity index (χ4n) is 4.43. The molecule has 0 heterocycles. The van der Waals surface area contributed by atoms with Crippen LogP contribution in [0.25, 0.3) is 0 Å². The molecule has 3 saturated carbocycles. The van der Waals surface area contributed by atoms with E-state index in [-0.39, 0.29) is 22.6 Å². The fraction of sp³-hybridized carbons (Fsp3) is 0.556. The van der Waals surface area contributed by atoms with Gasteiger partial charge in [0.15, 0.2) is 5.78 Å². The SMILES string of the molecule is COC(=O)C(C)(C)C12CC(CC(=O)c3ccc(Cl)c(Cl)c3)(C1)C2. The number of rotatable bonds is 5. The second-order valence-electron chi connectivity index (χ2n) is 7.66. The number of Topliss-reactive ketones (excluding diaryl/α,β-unsaturated/α-hetero) is 1. The molecule has 1 aromatic carbocycles. The largest absolute Gasteiger partial charge is 0.469 e. The topological polar surface area (TPSA) is 43.4 Å². The summed E-state index contributed by atoms with van der Waals surface area (Å²) in [6.07, 6.45) is 3.24. The number of benzene rings is 1. The van der Waals surface area contributed by atoms with Crippen molar-refractivity contribution in [1.29, 1.82) is 0 Å². The molecular formula is C18H20Cl2O3. The average Bonchev–Trinajstić information content (AvgIpc) is 2.42. The van der Waals surface area contributed by atoms with Crippen LogP contribution in [0, 0.1) is 16.2 Å². The van der Waals surface area contributed by atoms with Crippen LogP contribution in [0.2, 0.25) is 10.0 Å². The van der Waals surface area contributed by atoms with Gasteiger partial charge in [0.25, 0.3) is 0 Å². The van der Waals surface area contributed by atoms with Crippen molar-refractivity contribution >= 4 is 35.0 Å². The number of hydrogen-bond acceptors (Lipinski definition) is 3. The molecule has 124 valence electrons. The molecule has 0 N–H and O–H groups in total. The van der Waals surface area contributed by atoms with Crippen LogP contribution >= 0.6 is 23.2 Å². The number of methoxy groups -OCH3 is 1. The van der Waals surface area contributed by atoms with Crippen LogP contribution in [-0.2, 0) is 9.53 Å². The minimum Gasteiger partial charge on any atom is -0.469 e. The van der Waals surface area contributed by atoms with Crippen LogP contribution < -0.4 is 0 Å². The normalized spacial score (nSPS) is 28.6. The van der Waals surface area contributed by atoms with E-state index in [9.17, 15) is 9.59 Å². The van der Waals surface area contributed by atoms with Crippen molar-refractivity contribution in [3.63, 3.8) is 0 Å². The molecule has 4 rings (SSSR count). The maximum Gasteiger partial charge on any atom is 0.311 e. The summed E-state index contributed by atoms with van der Waals surface area (Å²) in [5.41, 5.74) is 0.160. The van der Waals surface area contributed by atoms with Crippen molar-refractivity contribution in [2.45, 2.75) is 39.5 Å². The molecule has 5 heteroatoms. The molecule has 0 unspecified atom stereocenters. The molecule has 0 saturated heterocycles. The Hall–Kier alpha value is -1.06. The molecule has 2 bridgehead atoms. The van der Waals surface area contributed by atoms with Crippen LogP contribution in [0.4, 0.5) is 0 Å². The second-order valence-corrected chi connectivity index (χ2v) is 8.47. The van der Waals surface area contributed by atoms with E-state index in [1.165, 1.54) is 7.11 Å². The molecule has 1 aromatic rings. The molecule has 0 atom stereocenters. The lowest BCUT2D eigenvalue weighted by atomic mass is 9.28. The van der Waals surface area contributed by atoms with E-state index in [4.69, 9.17) is 27.9 Å². The van der Waals surface area contributed by atoms with Gasteiger partial charge in [-0.3, -0.25) is 9.59 Å². The van der Waals surface area contributed by atoms with Crippen molar-refractivity contribution in [2.75, 3.05) is 7.11 Å². The minimum atomic E-state index is -0.490. The predicted octanol–water partition coefficient (Wildman–Crippen LogP) is 4.94. The highest BCUT2D eigenvalue weighted by Crippen LogP contribution is 2.80. The number of carbonyl (C=O) groups is 2. The summed E-state index contributed by atoms with van der Waals surface area (Å²) < 4.78 is 4.94. The molecule has 0 aliphatic heterocycles. The van der Waals surface area contributed by atoms with Gasteiger partial charge in [-0.05, 0) is 62.1 Å². The molecule has 23 heavy (non-hydrogen) atoms. The van der Waals surface area contributed by atoms with Gasteiger partial charge in [-0.15, -0.1) is 0 Å². The predicted molar refractivity (Wildman–Crippen MR) is 89.9 cm³/mol. The Bertz CT molecular complexity index is 674. The molecular weight excluding hydrogens is 335 g/mol. The standard InChI is InChI=1S/C18H20Cl2O3/c1-16(2,15(22)23-3)18-8-17(9-18,10-18)7-14(21)11-4-5-12(19)13(20)6-11/h4-6H,7-10H2,1-3H3. The second kappa shape index (κ2) is 5.22. The van der Waals surface area contributed by atoms with E-state index in [1.807, 2.05) is 13.8 Å². The van der Waals surface area contributed by atoms with Gasteiger partial charge in [-0.25, -0.2) is 0 Å². The van der Waals surface area contributed by atoms with E-state index < -0.39 is 5.41 Å². The number of ketones is 1. The number of esters is 1. The summed E-state index contributed by atoms with van der Waals surface area (Å²) in [5.74, 6) is -0.0747. The third kappa shape index (κ3) is 2.40. The third-order valence-corrected chi connectivity index (χ3v) is 6.68. The molecule has 3 nitrogen and oxygen atoms in total. The van der Waals surface area contributed by atoms with Crippen molar-refractivity contribution in [1.82, 2.24) is 0 Å². The van der Waals surface area contributed by atoms with Gasteiger partial charge in [-0.1, -0.05) is 23.2 Å². The maximum atomic E-state index is 12.5. The number of ether oxygens (including phenoxy) is 1. The van der Waals surface area contributed by atoms with Crippen molar-refractivity contribution < 1.29 is 14.3 Å². The minimum absolute atomic E-state index is 0.00197. The Morgan fingerprint density at radius 1 is 1.17 bits per heavy atom. The van der Waals surface area contributed by atoms with E-state index in [0.29, 0.717) is 22.0 Å². The van der Waals surface area contributed by atoms with Crippen LogP contribution in [0.5, 0.6) is 0 Å². The van der Waals surface area contributed by atoms with E-state index in [0.717, 1.165) is 19.3 Å². The zero-order valence-corrected chi connectivity index (χ0v) is 15.1. The first-order valence-electron chi connectivity index (χ1n) is 7.72. The summed E-state index contributed by atoms with van der Waals surface area (Å²) in [5, 5.41) is 0.853. The molecule has 3 aliphatic carbocycles. The Labute approximate surface area is 146 Å². The molecule has 0 aromatic heterocycles. The third-order valence-electron chi connectivity index (χ3n) is 5.94. The zero-order chi connectivity index (χ0) is 17.0. The monoisotopic (exact) mass is 354 g/mol. The average molecular weight is 355 g/mol. The highest BCUT2D eigenvalue weighted by molar-refractivity contribution is 6.42. The van der Waals surface area contributed by atoms with Gasteiger partial charge in [0.05, 0.1) is 22.6 Å². The number of carbonyl (C=O) groups excluding carboxylic acids is 2. The van der Waals surface area contributed by atoms with Crippen LogP contribution in [0.3, 0.4) is 0 Å². The van der Waals surface area contributed by atoms with Crippen LogP contribution in [-0.4, -0.2) is 18.9 Å². The fourth-order valence-corrected chi connectivity index (χ4v) is 4.73. The maximum absolute atomic E-state index is 12.5. The van der Waals surface area contributed by atoms with Crippen molar-refractivity contribution in [2.24, 2.45) is 16.2 Å². The smallest absolute Gasteiger partial charge is 0.311 e. The summed E-state index contributed by atoms with van der Waals surface area (Å²) in [4.78, 5) is 24.5. The Kier molecular flexibility index (Phi) is 3.81. The van der Waals surface area contributed by atoms with E-state index >= 15 is 0 Å². The highest BCUT2D eigenvalue weighted by atomic mass is 35.5. The van der Waals surface area contributed by atoms with Gasteiger partial charge in [0.2, 0.25) is 0 Å². The molecule has 0 spiro atoms. The quantitative estimate of drug-likeness (QED) is 0.555. The van der Waals surface area contributed by atoms with E-state index in [2.05, 4.69) is 0 Å². The first-order valence-corrected chi connectivity index (χ1v) is 8.47. The first-order chi connectivity index (χ1) is 10.6. The Balaban J connectivity index is 1.66. The summed E-state index contributed by atoms with van der Waals surface area (Å²) >= 11 is 11.9. The van der Waals surface area contributed by atoms with Crippen molar-refractivity contribution in [3.8, 4) is 0 Å². The Morgan fingerprint density at radius 3 is 2.30 bits per heavy atom. The van der Waals surface area contributed by atoms with E-state index in [1.54, 1.807) is 18.2 Å². The molecule has 3 aliphatic rings. The van der Waals surface area contributed by atoms with Crippen LogP contribution in [0.1, 0.15) is 49.9 Å². The summed E-state index contributed by atoms with van der Waals surface area (Å²) in [6.45, 7) is 3.89. The lowest BCUT2D eigenvalue weighted by molar-refractivity contribution is -0.261. The summed E-state index contributed by atoms with van der Waals surface area (Å²) in [6, 6.07) is 5.00. The van der Waals surface area contributed by atoms with Gasteiger partial charge >= 0.3 is 5.97 Å². The molecule has 0 amide bonds. The lowest BCUT2D eigenvalue weighted by Crippen LogP contribution is -2.69. The number of hydrogen-bond donors (Lipinski definition) is 0. The van der Waals surface area contributed by atoms with Gasteiger partial charge < -0.3 is 4.74 Å². The van der Waals surface area contributed by atoms with Gasteiger partial charge in [-0.2, -0.15) is 0 Å². The zero-order valence-electron chi connectivity index (χ0n) is 13.5. The highest BCUT2D eigenvalue weighted by Gasteiger charge is 2.74. The molecule has 3 fully saturated rings. The van der Waals surface area contributed by atoms with Crippen LogP contribution in [0.15, 0.2) is 18.2 Å². The Morgan fingerprint density at radius 2 is 1.78 bits per heavy atom.